The van der Waals surface area contributed by atoms with Gasteiger partial charge in [-0.2, -0.15) is 0 Å². The fraction of sp³-hybridized carbons (Fsp3) is 0.450. The number of urea groups is 1. The summed E-state index contributed by atoms with van der Waals surface area (Å²) in [7, 11) is 1.36. The number of ether oxygens (including phenoxy) is 1. The van der Waals surface area contributed by atoms with E-state index in [4.69, 9.17) is 17.0 Å². The highest BCUT2D eigenvalue weighted by Crippen LogP contribution is 2.32. The first-order valence-corrected chi connectivity index (χ1v) is 9.85. The van der Waals surface area contributed by atoms with Crippen molar-refractivity contribution in [1.82, 2.24) is 15.5 Å². The van der Waals surface area contributed by atoms with Crippen LogP contribution in [0.5, 0.6) is 0 Å². The number of esters is 1. The number of nitrogens with zero attached hydrogens (tertiary/aromatic N) is 1. The monoisotopic (exact) mass is 404 g/mol. The number of rotatable bonds is 7. The minimum atomic E-state index is -0.451. The number of nitrogens with one attached hydrogen (secondary N) is 3. The summed E-state index contributed by atoms with van der Waals surface area (Å²) in [6.07, 6.45) is 1.94. The molecule has 28 heavy (non-hydrogen) atoms. The van der Waals surface area contributed by atoms with Gasteiger partial charge in [-0.1, -0.05) is 25.5 Å². The molecule has 0 unspecified atom stereocenters. The van der Waals surface area contributed by atoms with Crippen LogP contribution < -0.4 is 16.0 Å². The van der Waals surface area contributed by atoms with Gasteiger partial charge in [-0.25, -0.2) is 9.59 Å². The number of carbonyl (C=O) groups is 2. The average Bonchev–Trinajstić information content (AvgIpc) is 2.67. The van der Waals surface area contributed by atoms with Crippen LogP contribution in [0.25, 0.3) is 0 Å². The van der Waals surface area contributed by atoms with Gasteiger partial charge in [-0.05, 0) is 50.2 Å². The topological polar surface area (TPSA) is 82.7 Å². The van der Waals surface area contributed by atoms with Crippen molar-refractivity contribution in [3.63, 3.8) is 0 Å². The van der Waals surface area contributed by atoms with Gasteiger partial charge in [0.05, 0.1) is 18.7 Å². The molecule has 0 aromatic heterocycles. The molecule has 152 valence electrons. The van der Waals surface area contributed by atoms with Crippen LogP contribution in [0.4, 0.5) is 10.5 Å². The number of allylic oxidation sites excluding steroid dienone is 1. The maximum Gasteiger partial charge on any atom is 0.337 e. The largest absolute Gasteiger partial charge is 0.466 e. The normalized spacial score (nSPS) is 16.5. The van der Waals surface area contributed by atoms with Crippen molar-refractivity contribution in [3.8, 4) is 0 Å². The molecule has 0 bridgehead atoms. The molecule has 7 nitrogen and oxygen atoms in total. The Morgan fingerprint density at radius 1 is 1.32 bits per heavy atom. The van der Waals surface area contributed by atoms with E-state index in [1.165, 1.54) is 7.11 Å². The molecule has 0 saturated heterocycles. The van der Waals surface area contributed by atoms with Crippen molar-refractivity contribution in [2.24, 2.45) is 0 Å². The molecule has 1 heterocycles. The highest BCUT2D eigenvalue weighted by atomic mass is 32.1. The number of benzene rings is 1. The first-order valence-electron chi connectivity index (χ1n) is 9.44. The molecule has 0 spiro atoms. The SMILES string of the molecule is CCCCNC(=O)Nc1cccc([C@H]2NC(=S)N(CC)C(C)=C2C(=O)OC)c1. The van der Waals surface area contributed by atoms with Crippen LogP contribution in [0, 0.1) is 0 Å². The van der Waals surface area contributed by atoms with Crippen molar-refractivity contribution in [2.75, 3.05) is 25.5 Å². The third kappa shape index (κ3) is 5.01. The second-order valence-electron chi connectivity index (χ2n) is 6.48. The first-order chi connectivity index (χ1) is 13.4. The second kappa shape index (κ2) is 10.1. The molecule has 1 aromatic carbocycles. The molecule has 1 aromatic rings. The van der Waals surface area contributed by atoms with Gasteiger partial charge in [-0.15, -0.1) is 0 Å². The summed E-state index contributed by atoms with van der Waals surface area (Å²) in [6.45, 7) is 7.17. The highest BCUT2D eigenvalue weighted by Gasteiger charge is 2.34. The summed E-state index contributed by atoms with van der Waals surface area (Å²) >= 11 is 5.47. The summed E-state index contributed by atoms with van der Waals surface area (Å²) in [6, 6.07) is 6.65. The Balaban J connectivity index is 2.30. The van der Waals surface area contributed by atoms with E-state index in [9.17, 15) is 9.59 Å². The van der Waals surface area contributed by atoms with Crippen LogP contribution >= 0.6 is 12.2 Å². The van der Waals surface area contributed by atoms with Crippen molar-refractivity contribution < 1.29 is 14.3 Å². The highest BCUT2D eigenvalue weighted by molar-refractivity contribution is 7.80. The fourth-order valence-corrected chi connectivity index (χ4v) is 3.52. The Hall–Kier alpha value is -2.61. The predicted molar refractivity (Wildman–Crippen MR) is 114 cm³/mol. The molecule has 1 aliphatic rings. The smallest absolute Gasteiger partial charge is 0.337 e. The zero-order valence-electron chi connectivity index (χ0n) is 16.8. The van der Waals surface area contributed by atoms with Gasteiger partial charge in [0.25, 0.3) is 0 Å². The number of hydrogen-bond acceptors (Lipinski definition) is 4. The molecular formula is C20H28N4O3S. The summed E-state index contributed by atoms with van der Waals surface area (Å²) in [5.41, 5.74) is 2.71. The lowest BCUT2D eigenvalue weighted by atomic mass is 9.94. The van der Waals surface area contributed by atoms with E-state index in [-0.39, 0.29) is 6.03 Å². The third-order valence-corrected chi connectivity index (χ3v) is 4.95. The van der Waals surface area contributed by atoms with Gasteiger partial charge < -0.3 is 25.6 Å². The van der Waals surface area contributed by atoms with Crippen LogP contribution in [0.15, 0.2) is 35.5 Å². The summed E-state index contributed by atoms with van der Waals surface area (Å²) in [5.74, 6) is -0.411. The molecule has 0 saturated carbocycles. The molecule has 0 aliphatic carbocycles. The van der Waals surface area contributed by atoms with E-state index in [1.807, 2.05) is 36.9 Å². The van der Waals surface area contributed by atoms with E-state index in [2.05, 4.69) is 22.9 Å². The van der Waals surface area contributed by atoms with Crippen molar-refractivity contribution in [2.45, 2.75) is 39.7 Å². The second-order valence-corrected chi connectivity index (χ2v) is 6.86. The molecule has 1 aliphatic heterocycles. The van der Waals surface area contributed by atoms with Crippen LogP contribution in [-0.4, -0.2) is 42.2 Å². The molecule has 0 radical (unpaired) electrons. The lowest BCUT2D eigenvalue weighted by Gasteiger charge is -2.37. The van der Waals surface area contributed by atoms with Crippen molar-refractivity contribution in [3.05, 3.63) is 41.1 Å². The van der Waals surface area contributed by atoms with Crippen molar-refractivity contribution in [1.29, 1.82) is 0 Å². The van der Waals surface area contributed by atoms with Gasteiger partial charge in [0.15, 0.2) is 5.11 Å². The molecule has 8 heteroatoms. The summed E-state index contributed by atoms with van der Waals surface area (Å²) < 4.78 is 5.00. The van der Waals surface area contributed by atoms with Gasteiger partial charge >= 0.3 is 12.0 Å². The van der Waals surface area contributed by atoms with Crippen LogP contribution in [-0.2, 0) is 9.53 Å². The Bertz CT molecular complexity index is 778. The summed E-state index contributed by atoms with van der Waals surface area (Å²) in [5, 5.41) is 9.42. The maximum atomic E-state index is 12.5. The van der Waals surface area contributed by atoms with E-state index in [0.717, 1.165) is 24.1 Å². The Kier molecular flexibility index (Phi) is 7.80. The predicted octanol–water partition coefficient (Wildman–Crippen LogP) is 3.31. The lowest BCUT2D eigenvalue weighted by Crippen LogP contribution is -2.47. The number of anilines is 1. The number of hydrogen-bond donors (Lipinski definition) is 3. The number of methoxy groups -OCH3 is 1. The minimum Gasteiger partial charge on any atom is -0.466 e. The van der Waals surface area contributed by atoms with E-state index in [0.29, 0.717) is 29.5 Å². The van der Waals surface area contributed by atoms with E-state index in [1.54, 1.807) is 6.07 Å². The quantitative estimate of drug-likeness (QED) is 0.367. The maximum absolute atomic E-state index is 12.5. The Labute approximate surface area is 171 Å². The van der Waals surface area contributed by atoms with Gasteiger partial charge in [0.1, 0.15) is 0 Å². The number of amides is 2. The van der Waals surface area contributed by atoms with E-state index < -0.39 is 12.0 Å². The minimum absolute atomic E-state index is 0.255. The van der Waals surface area contributed by atoms with E-state index >= 15 is 0 Å². The standard InChI is InChI=1S/C20H28N4O3S/c1-5-7-11-21-19(26)22-15-10-8-9-14(12-15)17-16(18(25)27-4)13(3)24(6-2)20(28)23-17/h8-10,12,17H,5-7,11H2,1-4H3,(H,23,28)(H2,21,22,26)/t17-/m1/s1. The lowest BCUT2D eigenvalue weighted by molar-refractivity contribution is -0.136. The van der Waals surface area contributed by atoms with Gasteiger partial charge in [0, 0.05) is 24.5 Å². The molecule has 0 fully saturated rings. The van der Waals surface area contributed by atoms with Crippen LogP contribution in [0.1, 0.15) is 45.2 Å². The van der Waals surface area contributed by atoms with Gasteiger partial charge in [0.2, 0.25) is 0 Å². The Morgan fingerprint density at radius 2 is 2.07 bits per heavy atom. The van der Waals surface area contributed by atoms with Crippen molar-refractivity contribution >= 4 is 35.0 Å². The number of unbranched alkanes of at least 4 members (excludes halogenated alkanes) is 1. The van der Waals surface area contributed by atoms with Crippen LogP contribution in [0.3, 0.4) is 0 Å². The molecule has 2 amide bonds. The average molecular weight is 405 g/mol. The third-order valence-electron chi connectivity index (χ3n) is 4.61. The van der Waals surface area contributed by atoms with Gasteiger partial charge in [-0.3, -0.25) is 0 Å². The fourth-order valence-electron chi connectivity index (χ4n) is 3.14. The first kappa shape index (κ1) is 21.7. The molecule has 2 rings (SSSR count). The molecule has 3 N–H and O–H groups in total. The zero-order chi connectivity index (χ0) is 20.7. The molecule has 1 atom stereocenters. The molecular weight excluding hydrogens is 376 g/mol. The number of thiocarbonyl (C=S) groups is 1. The Morgan fingerprint density at radius 3 is 2.71 bits per heavy atom. The zero-order valence-corrected chi connectivity index (χ0v) is 17.6. The summed E-state index contributed by atoms with van der Waals surface area (Å²) in [4.78, 5) is 26.4. The number of carbonyl (C=O) groups excluding carboxylic acids is 2. The van der Waals surface area contributed by atoms with Crippen LogP contribution in [0.2, 0.25) is 0 Å².